The van der Waals surface area contributed by atoms with Gasteiger partial charge in [0.25, 0.3) is 0 Å². The van der Waals surface area contributed by atoms with E-state index >= 15 is 0 Å². The van der Waals surface area contributed by atoms with Gasteiger partial charge in [-0.1, -0.05) is 50.3 Å². The number of amides is 2. The number of carbonyl (C=O) groups is 2. The van der Waals surface area contributed by atoms with Crippen molar-refractivity contribution in [2.45, 2.75) is 39.5 Å². The number of benzene rings is 1. The summed E-state index contributed by atoms with van der Waals surface area (Å²) >= 11 is 1.37. The Labute approximate surface area is 151 Å². The smallest absolute Gasteiger partial charge is 0.231 e. The largest absolute Gasteiger partial charge is 0.311 e. The maximum absolute atomic E-state index is 12.5. The predicted molar refractivity (Wildman–Crippen MR) is 98.9 cm³/mol. The Morgan fingerprint density at radius 1 is 1.28 bits per heavy atom. The van der Waals surface area contributed by atoms with Crippen molar-refractivity contribution in [3.05, 3.63) is 34.8 Å². The van der Waals surface area contributed by atoms with Crippen LogP contribution in [0.3, 0.4) is 0 Å². The molecule has 0 radical (unpaired) electrons. The molecule has 1 aliphatic rings. The molecular weight excluding hydrogens is 336 g/mol. The molecule has 0 aliphatic carbocycles. The molecule has 2 aromatic rings. The molecule has 0 bridgehead atoms. The molecule has 1 unspecified atom stereocenters. The minimum Gasteiger partial charge on any atom is -0.311 e. The third-order valence-corrected chi connectivity index (χ3v) is 5.46. The van der Waals surface area contributed by atoms with Crippen molar-refractivity contribution in [1.29, 1.82) is 0 Å². The molecule has 1 aromatic heterocycles. The van der Waals surface area contributed by atoms with E-state index in [4.69, 9.17) is 0 Å². The zero-order valence-corrected chi connectivity index (χ0v) is 15.7. The van der Waals surface area contributed by atoms with Crippen LogP contribution in [0.5, 0.6) is 0 Å². The topological polar surface area (TPSA) is 75.2 Å². The SMILES string of the molecule is Cc1ccccc1N1CC(C(=O)Nc2nnc(C(C)(C)C)s2)CC1=O. The van der Waals surface area contributed by atoms with E-state index in [9.17, 15) is 9.59 Å². The summed E-state index contributed by atoms with van der Waals surface area (Å²) in [5.41, 5.74) is 1.79. The molecule has 1 fully saturated rings. The number of aryl methyl sites for hydroxylation is 1. The van der Waals surface area contributed by atoms with Gasteiger partial charge >= 0.3 is 0 Å². The van der Waals surface area contributed by atoms with Gasteiger partial charge in [0.05, 0.1) is 5.92 Å². The van der Waals surface area contributed by atoms with Gasteiger partial charge in [-0.25, -0.2) is 0 Å². The normalized spacial score (nSPS) is 17.8. The van der Waals surface area contributed by atoms with Crippen molar-refractivity contribution >= 4 is 34.0 Å². The third-order valence-electron chi connectivity index (χ3n) is 4.20. The van der Waals surface area contributed by atoms with Crippen LogP contribution >= 0.6 is 11.3 Å². The van der Waals surface area contributed by atoms with Gasteiger partial charge in [-0.05, 0) is 18.6 Å². The molecule has 1 atom stereocenters. The van der Waals surface area contributed by atoms with Crippen LogP contribution in [0, 0.1) is 12.8 Å². The van der Waals surface area contributed by atoms with E-state index in [1.807, 2.05) is 31.2 Å². The highest BCUT2D eigenvalue weighted by molar-refractivity contribution is 7.15. The number of nitrogens with one attached hydrogen (secondary N) is 1. The molecule has 2 amide bonds. The van der Waals surface area contributed by atoms with Crippen LogP contribution < -0.4 is 10.2 Å². The highest BCUT2D eigenvalue weighted by Crippen LogP contribution is 2.30. The Morgan fingerprint density at radius 3 is 2.64 bits per heavy atom. The molecule has 2 heterocycles. The standard InChI is InChI=1S/C18H22N4O2S/c1-11-7-5-6-8-13(11)22-10-12(9-14(22)23)15(24)19-17-21-20-16(25-17)18(2,3)4/h5-8,12H,9-10H2,1-4H3,(H,19,21,24). The summed E-state index contributed by atoms with van der Waals surface area (Å²) in [5.74, 6) is -0.586. The van der Waals surface area contributed by atoms with E-state index in [2.05, 4.69) is 36.3 Å². The fourth-order valence-electron chi connectivity index (χ4n) is 2.77. The quantitative estimate of drug-likeness (QED) is 0.915. The highest BCUT2D eigenvalue weighted by Gasteiger charge is 2.36. The van der Waals surface area contributed by atoms with Gasteiger partial charge in [-0.3, -0.25) is 9.59 Å². The number of hydrogen-bond acceptors (Lipinski definition) is 5. The maximum Gasteiger partial charge on any atom is 0.231 e. The molecule has 1 N–H and O–H groups in total. The molecule has 25 heavy (non-hydrogen) atoms. The lowest BCUT2D eigenvalue weighted by molar-refractivity contribution is -0.122. The summed E-state index contributed by atoms with van der Waals surface area (Å²) in [6, 6.07) is 7.71. The van der Waals surface area contributed by atoms with Crippen molar-refractivity contribution in [2.24, 2.45) is 5.92 Å². The van der Waals surface area contributed by atoms with E-state index in [-0.39, 0.29) is 29.6 Å². The average molecular weight is 358 g/mol. The maximum atomic E-state index is 12.5. The summed E-state index contributed by atoms with van der Waals surface area (Å²) in [7, 11) is 0. The Kier molecular flexibility index (Phi) is 4.60. The van der Waals surface area contributed by atoms with E-state index in [0.29, 0.717) is 11.7 Å². The fraction of sp³-hybridized carbons (Fsp3) is 0.444. The lowest BCUT2D eigenvalue weighted by Crippen LogP contribution is -2.28. The van der Waals surface area contributed by atoms with Crippen LogP contribution in [0.15, 0.2) is 24.3 Å². The summed E-state index contributed by atoms with van der Waals surface area (Å²) < 4.78 is 0. The van der Waals surface area contributed by atoms with Gasteiger partial charge in [0, 0.05) is 24.1 Å². The van der Waals surface area contributed by atoms with E-state index in [0.717, 1.165) is 16.3 Å². The minimum absolute atomic E-state index is 0.0258. The second-order valence-corrected chi connectivity index (χ2v) is 8.32. The molecule has 1 aromatic carbocycles. The first-order chi connectivity index (χ1) is 11.8. The van der Waals surface area contributed by atoms with E-state index in [1.54, 1.807) is 4.90 Å². The van der Waals surface area contributed by atoms with Gasteiger partial charge in [-0.2, -0.15) is 0 Å². The Balaban J connectivity index is 1.69. The van der Waals surface area contributed by atoms with Crippen molar-refractivity contribution in [2.75, 3.05) is 16.8 Å². The number of rotatable bonds is 3. The Morgan fingerprint density at radius 2 is 2.00 bits per heavy atom. The average Bonchev–Trinajstić information content (AvgIpc) is 3.14. The Hall–Kier alpha value is -2.28. The first kappa shape index (κ1) is 17.5. The van der Waals surface area contributed by atoms with Gasteiger partial charge < -0.3 is 10.2 Å². The molecular formula is C18H22N4O2S. The Bertz CT molecular complexity index is 809. The number of para-hydroxylation sites is 1. The molecule has 0 spiro atoms. The first-order valence-electron chi connectivity index (χ1n) is 8.26. The van der Waals surface area contributed by atoms with Gasteiger partial charge in [0.1, 0.15) is 5.01 Å². The molecule has 6 nitrogen and oxygen atoms in total. The van der Waals surface area contributed by atoms with E-state index in [1.165, 1.54) is 11.3 Å². The van der Waals surface area contributed by atoms with Gasteiger partial charge in [-0.15, -0.1) is 10.2 Å². The number of nitrogens with zero attached hydrogens (tertiary/aromatic N) is 3. The summed E-state index contributed by atoms with van der Waals surface area (Å²) in [5, 5.41) is 12.3. The number of anilines is 2. The monoisotopic (exact) mass is 358 g/mol. The van der Waals surface area contributed by atoms with Crippen molar-refractivity contribution in [3.8, 4) is 0 Å². The van der Waals surface area contributed by atoms with Crippen LogP contribution in [0.2, 0.25) is 0 Å². The highest BCUT2D eigenvalue weighted by atomic mass is 32.1. The zero-order chi connectivity index (χ0) is 18.2. The molecule has 1 aliphatic heterocycles. The predicted octanol–water partition coefficient (Wildman–Crippen LogP) is 3.14. The van der Waals surface area contributed by atoms with Crippen LogP contribution in [-0.4, -0.2) is 28.6 Å². The fourth-order valence-corrected chi connectivity index (χ4v) is 3.57. The lowest BCUT2D eigenvalue weighted by Gasteiger charge is -2.18. The summed E-state index contributed by atoms with van der Waals surface area (Å²) in [4.78, 5) is 26.6. The van der Waals surface area contributed by atoms with E-state index < -0.39 is 0 Å². The van der Waals surface area contributed by atoms with Crippen molar-refractivity contribution in [3.63, 3.8) is 0 Å². The van der Waals surface area contributed by atoms with Crippen LogP contribution in [0.25, 0.3) is 0 Å². The molecule has 3 rings (SSSR count). The van der Waals surface area contributed by atoms with Gasteiger partial charge in [0.2, 0.25) is 16.9 Å². The van der Waals surface area contributed by atoms with Gasteiger partial charge in [0.15, 0.2) is 0 Å². The molecule has 132 valence electrons. The van der Waals surface area contributed by atoms with Crippen LogP contribution in [-0.2, 0) is 15.0 Å². The third kappa shape index (κ3) is 3.71. The number of hydrogen-bond donors (Lipinski definition) is 1. The number of carbonyl (C=O) groups excluding carboxylic acids is 2. The van der Waals surface area contributed by atoms with Crippen molar-refractivity contribution in [1.82, 2.24) is 10.2 Å². The minimum atomic E-state index is -0.380. The second-order valence-electron chi connectivity index (χ2n) is 7.34. The van der Waals surface area contributed by atoms with Crippen LogP contribution in [0.1, 0.15) is 37.8 Å². The second kappa shape index (κ2) is 6.55. The summed E-state index contributed by atoms with van der Waals surface area (Å²) in [6.45, 7) is 8.50. The zero-order valence-electron chi connectivity index (χ0n) is 14.9. The lowest BCUT2D eigenvalue weighted by atomic mass is 9.98. The molecule has 7 heteroatoms. The number of aromatic nitrogens is 2. The molecule has 0 saturated carbocycles. The van der Waals surface area contributed by atoms with Crippen LogP contribution in [0.4, 0.5) is 10.8 Å². The molecule has 1 saturated heterocycles. The van der Waals surface area contributed by atoms with Crippen molar-refractivity contribution < 1.29 is 9.59 Å². The first-order valence-corrected chi connectivity index (χ1v) is 9.08. The summed E-state index contributed by atoms with van der Waals surface area (Å²) in [6.07, 6.45) is 0.213.